The van der Waals surface area contributed by atoms with Crippen molar-refractivity contribution in [3.63, 3.8) is 0 Å². The van der Waals surface area contributed by atoms with E-state index in [1.807, 2.05) is 0 Å². The largest absolute Gasteiger partial charge is 0.462 e. The van der Waals surface area contributed by atoms with Crippen molar-refractivity contribution in [2.75, 3.05) is 13.2 Å². The number of carbonyl (C=O) groups excluding carboxylic acids is 3. The van der Waals surface area contributed by atoms with Crippen molar-refractivity contribution in [1.29, 1.82) is 0 Å². The Morgan fingerprint density at radius 2 is 0.700 bits per heavy atom. The number of rotatable bonds is 41. The molecule has 0 amide bonds. The third-order valence-corrected chi connectivity index (χ3v) is 9.56. The Kier molecular flexibility index (Phi) is 44.6. The summed E-state index contributed by atoms with van der Waals surface area (Å²) in [5, 5.41) is 0. The summed E-state index contributed by atoms with van der Waals surface area (Å²) in [5.41, 5.74) is 0. The normalized spacial score (nSPS) is 13.1. The SMILES string of the molecule is CC\C=C/C=C\C=C/CCCCCCCCCC(=O)OC(COC(=O)CCC/C=C\C/C=C\C/C=C\CC)COC(=O)CCCCCCCC/C=C\C/C=C\C/C=C\CC. The van der Waals surface area contributed by atoms with Crippen molar-refractivity contribution in [2.24, 2.45) is 0 Å². The number of unbranched alkanes of at least 4 members (excludes halogenated alkanes) is 14. The summed E-state index contributed by atoms with van der Waals surface area (Å²) < 4.78 is 16.7. The first-order valence-corrected chi connectivity index (χ1v) is 23.9. The van der Waals surface area contributed by atoms with Crippen LogP contribution >= 0.6 is 0 Å². The highest BCUT2D eigenvalue weighted by Gasteiger charge is 2.19. The van der Waals surface area contributed by atoms with Gasteiger partial charge in [0.2, 0.25) is 0 Å². The van der Waals surface area contributed by atoms with E-state index < -0.39 is 6.10 Å². The summed E-state index contributed by atoms with van der Waals surface area (Å²) in [5.74, 6) is -0.999. The van der Waals surface area contributed by atoms with Crippen molar-refractivity contribution in [1.82, 2.24) is 0 Å². The summed E-state index contributed by atoms with van der Waals surface area (Å²) in [4.78, 5) is 37.8. The van der Waals surface area contributed by atoms with Crippen LogP contribution in [0.4, 0.5) is 0 Å². The predicted molar refractivity (Wildman–Crippen MR) is 256 cm³/mol. The third kappa shape index (κ3) is 45.2. The van der Waals surface area contributed by atoms with Gasteiger partial charge in [-0.15, -0.1) is 0 Å². The maximum atomic E-state index is 12.8. The number of esters is 3. The lowest BCUT2D eigenvalue weighted by Crippen LogP contribution is -2.30. The highest BCUT2D eigenvalue weighted by Crippen LogP contribution is 2.13. The molecule has 0 saturated heterocycles. The summed E-state index contributed by atoms with van der Waals surface area (Å²) in [6, 6.07) is 0. The molecule has 0 aromatic carbocycles. The number of carbonyl (C=O) groups is 3. The zero-order valence-corrected chi connectivity index (χ0v) is 38.4. The molecular weight excluding hydrogens is 745 g/mol. The van der Waals surface area contributed by atoms with Gasteiger partial charge in [0.1, 0.15) is 13.2 Å². The van der Waals surface area contributed by atoms with Crippen molar-refractivity contribution in [3.8, 4) is 0 Å². The fourth-order valence-corrected chi connectivity index (χ4v) is 6.07. The van der Waals surface area contributed by atoms with Gasteiger partial charge in [-0.05, 0) is 96.3 Å². The molecule has 1 atom stereocenters. The molecule has 0 aliphatic heterocycles. The minimum Gasteiger partial charge on any atom is -0.462 e. The van der Waals surface area contributed by atoms with Crippen LogP contribution in [-0.2, 0) is 28.6 Å². The Balaban J connectivity index is 4.48. The average molecular weight is 831 g/mol. The zero-order valence-electron chi connectivity index (χ0n) is 38.4. The van der Waals surface area contributed by atoms with Gasteiger partial charge in [-0.2, -0.15) is 0 Å². The van der Waals surface area contributed by atoms with Crippen LogP contribution in [0.1, 0.15) is 194 Å². The summed E-state index contributed by atoms with van der Waals surface area (Å²) >= 11 is 0. The van der Waals surface area contributed by atoms with Crippen molar-refractivity contribution in [3.05, 3.63) is 109 Å². The Bertz CT molecular complexity index is 1280. The van der Waals surface area contributed by atoms with Crippen LogP contribution in [0.25, 0.3) is 0 Å². The van der Waals surface area contributed by atoms with Gasteiger partial charge in [-0.1, -0.05) is 188 Å². The smallest absolute Gasteiger partial charge is 0.306 e. The highest BCUT2D eigenvalue weighted by molar-refractivity contribution is 5.71. The van der Waals surface area contributed by atoms with Gasteiger partial charge in [0.15, 0.2) is 6.10 Å². The lowest BCUT2D eigenvalue weighted by Gasteiger charge is -2.18. The Hall–Kier alpha value is -3.93. The predicted octanol–water partition coefficient (Wildman–Crippen LogP) is 15.6. The van der Waals surface area contributed by atoms with E-state index in [4.69, 9.17) is 14.2 Å². The molecule has 0 aliphatic carbocycles. The molecule has 0 spiro atoms. The van der Waals surface area contributed by atoms with E-state index in [1.165, 1.54) is 32.1 Å². The lowest BCUT2D eigenvalue weighted by atomic mass is 10.1. The Morgan fingerprint density at radius 1 is 0.350 bits per heavy atom. The molecule has 0 aliphatic rings. The van der Waals surface area contributed by atoms with E-state index in [0.717, 1.165) is 116 Å². The minimum atomic E-state index is -0.811. The third-order valence-electron chi connectivity index (χ3n) is 9.56. The molecule has 0 N–H and O–H groups in total. The lowest BCUT2D eigenvalue weighted by molar-refractivity contribution is -0.167. The van der Waals surface area contributed by atoms with Crippen LogP contribution in [0.15, 0.2) is 109 Å². The first kappa shape index (κ1) is 56.1. The van der Waals surface area contributed by atoms with Crippen LogP contribution in [0, 0.1) is 0 Å². The molecule has 0 fully saturated rings. The van der Waals surface area contributed by atoms with E-state index in [9.17, 15) is 14.4 Å². The van der Waals surface area contributed by atoms with Crippen molar-refractivity contribution in [2.45, 2.75) is 200 Å². The van der Waals surface area contributed by atoms with Crippen LogP contribution in [-0.4, -0.2) is 37.2 Å². The van der Waals surface area contributed by atoms with Gasteiger partial charge in [0.25, 0.3) is 0 Å². The van der Waals surface area contributed by atoms with Crippen LogP contribution < -0.4 is 0 Å². The van der Waals surface area contributed by atoms with Crippen LogP contribution in [0.3, 0.4) is 0 Å². The molecule has 6 nitrogen and oxygen atoms in total. The minimum absolute atomic E-state index is 0.108. The second kappa shape index (κ2) is 47.7. The van der Waals surface area contributed by atoms with Crippen molar-refractivity contribution < 1.29 is 28.6 Å². The van der Waals surface area contributed by atoms with Crippen LogP contribution in [0.5, 0.6) is 0 Å². The molecule has 0 radical (unpaired) electrons. The van der Waals surface area contributed by atoms with Crippen molar-refractivity contribution >= 4 is 17.9 Å². The molecule has 0 saturated carbocycles. The summed E-state index contributed by atoms with van der Waals surface area (Å²) in [7, 11) is 0. The molecule has 338 valence electrons. The highest BCUT2D eigenvalue weighted by atomic mass is 16.6. The Morgan fingerprint density at radius 3 is 1.18 bits per heavy atom. The van der Waals surface area contributed by atoms with E-state index in [2.05, 4.69) is 130 Å². The molecule has 60 heavy (non-hydrogen) atoms. The number of ether oxygens (including phenoxy) is 3. The standard InChI is InChI=1S/C54H86O6/c1-4-7-10-13-16-19-22-24-26-28-29-32-35-38-41-44-47-53(56)59-50-51(49-58-52(55)46-43-40-37-34-31-21-18-15-12-9-6-3)60-54(57)48-45-42-39-36-33-30-27-25-23-20-17-14-11-8-5-2/h7-12,14,16-21,23-24,26,34,37,51H,4-6,13,15,22,25,27-33,35-36,38-50H2,1-3H3/b10-7-,11-8-,12-9-,17-14-,19-16-,21-18-,23-20-,26-24-,37-34-. The molecule has 0 heterocycles. The van der Waals surface area contributed by atoms with Gasteiger partial charge in [-0.25, -0.2) is 0 Å². The first-order chi connectivity index (χ1) is 29.5. The maximum absolute atomic E-state index is 12.8. The number of hydrogen-bond donors (Lipinski definition) is 0. The topological polar surface area (TPSA) is 78.9 Å². The second-order valence-electron chi connectivity index (χ2n) is 15.3. The fourth-order valence-electron chi connectivity index (χ4n) is 6.07. The molecule has 0 rings (SSSR count). The van der Waals surface area contributed by atoms with Gasteiger partial charge in [0, 0.05) is 19.3 Å². The average Bonchev–Trinajstić information content (AvgIpc) is 3.24. The molecule has 6 heteroatoms. The monoisotopic (exact) mass is 831 g/mol. The van der Waals surface area contributed by atoms with Gasteiger partial charge >= 0.3 is 17.9 Å². The number of hydrogen-bond acceptors (Lipinski definition) is 6. The van der Waals surface area contributed by atoms with E-state index >= 15 is 0 Å². The van der Waals surface area contributed by atoms with Gasteiger partial charge in [0.05, 0.1) is 0 Å². The van der Waals surface area contributed by atoms with Gasteiger partial charge < -0.3 is 14.2 Å². The molecule has 0 bridgehead atoms. The molecule has 0 aromatic rings. The molecule has 1 unspecified atom stereocenters. The maximum Gasteiger partial charge on any atom is 0.306 e. The first-order valence-electron chi connectivity index (χ1n) is 23.9. The van der Waals surface area contributed by atoms with E-state index in [0.29, 0.717) is 19.3 Å². The zero-order chi connectivity index (χ0) is 43.7. The Labute approximate surface area is 368 Å². The van der Waals surface area contributed by atoms with Crippen LogP contribution in [0.2, 0.25) is 0 Å². The second-order valence-corrected chi connectivity index (χ2v) is 15.3. The molecule has 0 aromatic heterocycles. The summed E-state index contributed by atoms with van der Waals surface area (Å²) in [6.45, 7) is 6.18. The fraction of sp³-hybridized carbons (Fsp3) is 0.611. The van der Waals surface area contributed by atoms with E-state index in [1.54, 1.807) is 0 Å². The number of allylic oxidation sites excluding steroid dienone is 18. The quantitative estimate of drug-likeness (QED) is 0.0201. The molecular formula is C54H86O6. The van der Waals surface area contributed by atoms with Gasteiger partial charge in [-0.3, -0.25) is 14.4 Å². The summed E-state index contributed by atoms with van der Waals surface area (Å²) in [6.07, 6.45) is 63.6. The van der Waals surface area contributed by atoms with E-state index in [-0.39, 0.29) is 37.5 Å².